The van der Waals surface area contributed by atoms with Crippen LogP contribution in [0.1, 0.15) is 77.6 Å². The molecule has 0 aliphatic carbocycles. The minimum absolute atomic E-state index is 0.0270. The number of rotatable bonds is 17. The second kappa shape index (κ2) is 14.8. The summed E-state index contributed by atoms with van der Waals surface area (Å²) < 4.78 is 11.3. The van der Waals surface area contributed by atoms with Gasteiger partial charge >= 0.3 is 11.9 Å². The van der Waals surface area contributed by atoms with Crippen LogP contribution in [0.2, 0.25) is 0 Å². The van der Waals surface area contributed by atoms with Crippen LogP contribution in [-0.2, 0) is 9.59 Å². The summed E-state index contributed by atoms with van der Waals surface area (Å²) in [6.07, 6.45) is 9.14. The summed E-state index contributed by atoms with van der Waals surface area (Å²) in [7, 11) is 0. The maximum atomic E-state index is 11.6. The average molecular weight is 395 g/mol. The molecule has 0 heterocycles. The molecule has 2 N–H and O–H groups in total. The van der Waals surface area contributed by atoms with Gasteiger partial charge in [-0.1, -0.05) is 64.0 Å². The molecule has 6 heteroatoms. The first kappa shape index (κ1) is 23.8. The molecule has 0 bridgehead atoms. The van der Waals surface area contributed by atoms with Gasteiger partial charge in [-0.2, -0.15) is 0 Å². The Bertz CT molecular complexity index is 572. The maximum Gasteiger partial charge on any atom is 0.344 e. The zero-order valence-electron chi connectivity index (χ0n) is 16.9. The molecule has 0 aliphatic rings. The van der Waals surface area contributed by atoms with Crippen molar-refractivity contribution in [2.24, 2.45) is 0 Å². The smallest absolute Gasteiger partial charge is 0.344 e. The first-order valence-corrected chi connectivity index (χ1v) is 10.4. The van der Waals surface area contributed by atoms with Crippen LogP contribution in [0.25, 0.3) is 0 Å². The number of hydrogen-bond acceptors (Lipinski definition) is 4. The van der Waals surface area contributed by atoms with Gasteiger partial charge in [0.05, 0.1) is 6.61 Å². The van der Waals surface area contributed by atoms with Crippen LogP contribution in [0, 0.1) is 0 Å². The van der Waals surface area contributed by atoms with E-state index in [4.69, 9.17) is 14.6 Å². The molecule has 0 saturated heterocycles. The van der Waals surface area contributed by atoms with Crippen LogP contribution < -0.4 is 9.47 Å². The summed E-state index contributed by atoms with van der Waals surface area (Å²) in [5, 5.41) is 18.1. The van der Waals surface area contributed by atoms with E-state index in [-0.39, 0.29) is 13.0 Å². The molecule has 1 atom stereocenters. The van der Waals surface area contributed by atoms with Crippen molar-refractivity contribution in [2.75, 3.05) is 6.61 Å². The van der Waals surface area contributed by atoms with Crippen molar-refractivity contribution in [1.29, 1.82) is 0 Å². The summed E-state index contributed by atoms with van der Waals surface area (Å²) in [4.78, 5) is 22.1. The van der Waals surface area contributed by atoms with Gasteiger partial charge in [-0.15, -0.1) is 0 Å². The summed E-state index contributed by atoms with van der Waals surface area (Å²) in [5.74, 6) is -1.03. The lowest BCUT2D eigenvalue weighted by atomic mass is 10.1. The average Bonchev–Trinajstić information content (AvgIpc) is 2.67. The Labute approximate surface area is 167 Å². The fourth-order valence-electron chi connectivity index (χ4n) is 2.92. The maximum absolute atomic E-state index is 11.6. The lowest BCUT2D eigenvalue weighted by Crippen LogP contribution is -2.27. The van der Waals surface area contributed by atoms with Crippen LogP contribution in [0.4, 0.5) is 0 Å². The van der Waals surface area contributed by atoms with Crippen molar-refractivity contribution >= 4 is 11.9 Å². The normalized spacial score (nSPS) is 11.8. The Hall–Kier alpha value is -2.24. The standard InChI is InChI=1S/C22H34O6/c1-2-3-4-5-6-7-8-9-15-20(22(25)26)28-19-14-11-10-13-18(19)27-17-12-16-21(23)24/h10-11,13-14,20H,2-9,12,15-17H2,1H3,(H,23,24)(H,25,26). The highest BCUT2D eigenvalue weighted by molar-refractivity contribution is 5.72. The summed E-state index contributed by atoms with van der Waals surface area (Å²) >= 11 is 0. The topological polar surface area (TPSA) is 93.1 Å². The quantitative estimate of drug-likeness (QED) is 0.349. The third kappa shape index (κ3) is 10.8. The number of para-hydroxylation sites is 2. The van der Waals surface area contributed by atoms with E-state index in [1.807, 2.05) is 0 Å². The molecule has 1 aromatic carbocycles. The largest absolute Gasteiger partial charge is 0.490 e. The molecule has 0 fully saturated rings. The number of aliphatic carboxylic acids is 2. The molecule has 0 amide bonds. The first-order valence-electron chi connectivity index (χ1n) is 10.4. The Balaban J connectivity index is 2.42. The van der Waals surface area contributed by atoms with Gasteiger partial charge in [-0.25, -0.2) is 4.79 Å². The molecule has 0 aromatic heterocycles. The molecular weight excluding hydrogens is 360 g/mol. The molecule has 6 nitrogen and oxygen atoms in total. The highest BCUT2D eigenvalue weighted by Gasteiger charge is 2.20. The summed E-state index contributed by atoms with van der Waals surface area (Å²) in [6.45, 7) is 2.44. The van der Waals surface area contributed by atoms with E-state index in [0.717, 1.165) is 19.3 Å². The molecule has 1 rings (SSSR count). The van der Waals surface area contributed by atoms with E-state index in [1.54, 1.807) is 24.3 Å². The highest BCUT2D eigenvalue weighted by atomic mass is 16.5. The van der Waals surface area contributed by atoms with Crippen LogP contribution >= 0.6 is 0 Å². The fraction of sp³-hybridized carbons (Fsp3) is 0.636. The van der Waals surface area contributed by atoms with Gasteiger partial charge < -0.3 is 19.7 Å². The van der Waals surface area contributed by atoms with Gasteiger partial charge in [-0.05, 0) is 31.4 Å². The van der Waals surface area contributed by atoms with E-state index in [9.17, 15) is 14.7 Å². The van der Waals surface area contributed by atoms with E-state index >= 15 is 0 Å². The molecule has 0 aliphatic heterocycles. The lowest BCUT2D eigenvalue weighted by molar-refractivity contribution is -0.145. The lowest BCUT2D eigenvalue weighted by Gasteiger charge is -2.18. The molecule has 0 spiro atoms. The Kier molecular flexibility index (Phi) is 12.6. The summed E-state index contributed by atoms with van der Waals surface area (Å²) in [5.41, 5.74) is 0. The van der Waals surface area contributed by atoms with E-state index in [1.165, 1.54) is 32.1 Å². The fourth-order valence-corrected chi connectivity index (χ4v) is 2.92. The molecule has 0 saturated carbocycles. The van der Waals surface area contributed by atoms with Crippen molar-refractivity contribution in [3.63, 3.8) is 0 Å². The number of carbonyl (C=O) groups is 2. The van der Waals surface area contributed by atoms with Crippen LogP contribution in [-0.4, -0.2) is 34.9 Å². The predicted molar refractivity (Wildman–Crippen MR) is 108 cm³/mol. The van der Waals surface area contributed by atoms with Gasteiger partial charge in [0.25, 0.3) is 0 Å². The monoisotopic (exact) mass is 394 g/mol. The zero-order valence-corrected chi connectivity index (χ0v) is 16.9. The van der Waals surface area contributed by atoms with Gasteiger partial charge in [-0.3, -0.25) is 4.79 Å². The third-order valence-electron chi connectivity index (χ3n) is 4.51. The second-order valence-corrected chi connectivity index (χ2v) is 7.00. The Morgan fingerprint density at radius 2 is 1.50 bits per heavy atom. The molecule has 158 valence electrons. The molecular formula is C22H34O6. The van der Waals surface area contributed by atoms with Crippen molar-refractivity contribution in [1.82, 2.24) is 0 Å². The SMILES string of the molecule is CCCCCCCCCCC(Oc1ccccc1OCCCC(=O)O)C(=O)O. The zero-order chi connectivity index (χ0) is 20.6. The molecule has 0 radical (unpaired) electrons. The number of ether oxygens (including phenoxy) is 2. The van der Waals surface area contributed by atoms with Crippen LogP contribution in [0.5, 0.6) is 11.5 Å². The predicted octanol–water partition coefficient (Wildman–Crippen LogP) is 5.29. The number of hydrogen-bond donors (Lipinski definition) is 2. The molecule has 28 heavy (non-hydrogen) atoms. The van der Waals surface area contributed by atoms with Crippen LogP contribution in [0.3, 0.4) is 0 Å². The minimum Gasteiger partial charge on any atom is -0.490 e. The van der Waals surface area contributed by atoms with E-state index < -0.39 is 18.0 Å². The van der Waals surface area contributed by atoms with Gasteiger partial charge in [0.2, 0.25) is 0 Å². The summed E-state index contributed by atoms with van der Waals surface area (Å²) in [6, 6.07) is 6.91. The second-order valence-electron chi connectivity index (χ2n) is 7.00. The van der Waals surface area contributed by atoms with Gasteiger partial charge in [0.1, 0.15) is 0 Å². The van der Waals surface area contributed by atoms with Crippen molar-refractivity contribution < 1.29 is 29.3 Å². The highest BCUT2D eigenvalue weighted by Crippen LogP contribution is 2.28. The van der Waals surface area contributed by atoms with E-state index in [0.29, 0.717) is 24.3 Å². The van der Waals surface area contributed by atoms with Gasteiger partial charge in [0.15, 0.2) is 17.6 Å². The van der Waals surface area contributed by atoms with Crippen molar-refractivity contribution in [2.45, 2.75) is 83.7 Å². The van der Waals surface area contributed by atoms with Crippen molar-refractivity contribution in [3.05, 3.63) is 24.3 Å². The number of unbranched alkanes of at least 4 members (excludes halogenated alkanes) is 7. The van der Waals surface area contributed by atoms with Crippen molar-refractivity contribution in [3.8, 4) is 11.5 Å². The number of carboxylic acids is 2. The minimum atomic E-state index is -0.983. The first-order chi connectivity index (χ1) is 13.5. The van der Waals surface area contributed by atoms with Crippen LogP contribution in [0.15, 0.2) is 24.3 Å². The third-order valence-corrected chi connectivity index (χ3v) is 4.51. The number of carboxylic acid groups (broad SMARTS) is 2. The Morgan fingerprint density at radius 3 is 2.11 bits per heavy atom. The number of benzene rings is 1. The Morgan fingerprint density at radius 1 is 0.893 bits per heavy atom. The molecule has 1 unspecified atom stereocenters. The van der Waals surface area contributed by atoms with E-state index in [2.05, 4.69) is 6.92 Å². The van der Waals surface area contributed by atoms with Gasteiger partial charge in [0, 0.05) is 6.42 Å². The molecule has 1 aromatic rings.